The predicted octanol–water partition coefficient (Wildman–Crippen LogP) is 1.27. The lowest BCUT2D eigenvalue weighted by Gasteiger charge is -2.42. The van der Waals surface area contributed by atoms with E-state index in [9.17, 15) is 14.7 Å². The van der Waals surface area contributed by atoms with Crippen LogP contribution in [0.2, 0.25) is 0 Å². The number of carbonyl (C=O) groups excluding carboxylic acids is 1. The molecule has 0 spiro atoms. The van der Waals surface area contributed by atoms with Crippen molar-refractivity contribution in [2.24, 2.45) is 0 Å². The van der Waals surface area contributed by atoms with Crippen molar-refractivity contribution in [1.82, 2.24) is 15.5 Å². The summed E-state index contributed by atoms with van der Waals surface area (Å²) in [6.07, 6.45) is 0.746. The summed E-state index contributed by atoms with van der Waals surface area (Å²) in [5.41, 5.74) is 1.83. The predicted molar refractivity (Wildman–Crippen MR) is 94.4 cm³/mol. The van der Waals surface area contributed by atoms with E-state index in [0.717, 1.165) is 24.0 Å². The zero-order valence-corrected chi connectivity index (χ0v) is 14.7. The van der Waals surface area contributed by atoms with Crippen molar-refractivity contribution in [2.45, 2.75) is 44.9 Å². The molecular formula is C18H27N3O4. The number of urea groups is 1. The molecule has 0 aromatic heterocycles. The number of carboxylic acids is 1. The maximum Gasteiger partial charge on any atom is 0.317 e. The van der Waals surface area contributed by atoms with Gasteiger partial charge in [0.1, 0.15) is 0 Å². The summed E-state index contributed by atoms with van der Waals surface area (Å²) in [5, 5.41) is 24.6. The van der Waals surface area contributed by atoms with Crippen LogP contribution >= 0.6 is 0 Å². The largest absolute Gasteiger partial charge is 0.480 e. The summed E-state index contributed by atoms with van der Waals surface area (Å²) in [7, 11) is 0. The lowest BCUT2D eigenvalue weighted by Crippen LogP contribution is -2.56. The van der Waals surface area contributed by atoms with Gasteiger partial charge in [0, 0.05) is 18.6 Å². The van der Waals surface area contributed by atoms with Gasteiger partial charge in [-0.3, -0.25) is 9.69 Å². The van der Waals surface area contributed by atoms with Gasteiger partial charge in [-0.25, -0.2) is 4.79 Å². The molecule has 2 rings (SSSR count). The van der Waals surface area contributed by atoms with E-state index in [1.165, 1.54) is 0 Å². The number of aliphatic hydroxyl groups is 1. The zero-order valence-electron chi connectivity index (χ0n) is 14.7. The Kier molecular flexibility index (Phi) is 6.78. The Bertz CT molecular complexity index is 602. The normalized spacial score (nSPS) is 20.6. The molecule has 1 atom stereocenters. The third-order valence-electron chi connectivity index (χ3n) is 4.59. The first-order chi connectivity index (χ1) is 11.9. The fraction of sp³-hybridized carbons (Fsp3) is 0.556. The fourth-order valence-corrected chi connectivity index (χ4v) is 3.10. The molecule has 0 bridgehead atoms. The van der Waals surface area contributed by atoms with Gasteiger partial charge in [0.15, 0.2) is 0 Å². The molecule has 7 nitrogen and oxygen atoms in total. The molecule has 0 heterocycles. The van der Waals surface area contributed by atoms with Crippen molar-refractivity contribution in [2.75, 3.05) is 19.6 Å². The van der Waals surface area contributed by atoms with E-state index in [1.807, 2.05) is 43.0 Å². The van der Waals surface area contributed by atoms with Crippen LogP contribution in [0, 0.1) is 6.92 Å². The molecule has 4 N–H and O–H groups in total. The second-order valence-corrected chi connectivity index (χ2v) is 6.56. The summed E-state index contributed by atoms with van der Waals surface area (Å²) in [6.45, 7) is 4.74. The summed E-state index contributed by atoms with van der Waals surface area (Å²) in [4.78, 5) is 24.6. The molecule has 1 aliphatic rings. The van der Waals surface area contributed by atoms with Crippen LogP contribution in [-0.2, 0) is 4.79 Å². The summed E-state index contributed by atoms with van der Waals surface area (Å²) < 4.78 is 0. The van der Waals surface area contributed by atoms with E-state index in [-0.39, 0.29) is 31.2 Å². The van der Waals surface area contributed by atoms with Gasteiger partial charge < -0.3 is 20.8 Å². The van der Waals surface area contributed by atoms with Gasteiger partial charge in [-0.15, -0.1) is 0 Å². The van der Waals surface area contributed by atoms with Crippen LogP contribution in [-0.4, -0.2) is 58.8 Å². The summed E-state index contributed by atoms with van der Waals surface area (Å²) >= 11 is 0. The Morgan fingerprint density at radius 2 is 2.08 bits per heavy atom. The zero-order chi connectivity index (χ0) is 18.4. The number of carboxylic acid groups (broad SMARTS) is 1. The second kappa shape index (κ2) is 8.82. The van der Waals surface area contributed by atoms with Crippen molar-refractivity contribution in [3.63, 3.8) is 0 Å². The smallest absolute Gasteiger partial charge is 0.317 e. The minimum atomic E-state index is -0.832. The highest BCUT2D eigenvalue weighted by molar-refractivity contribution is 5.74. The SMILES string of the molecule is CCN(CC(=O)O)C1CC(NC(=O)NCC(O)c2cccc(C)c2)C1. The highest BCUT2D eigenvalue weighted by Crippen LogP contribution is 2.25. The van der Waals surface area contributed by atoms with Crippen molar-refractivity contribution in [3.8, 4) is 0 Å². The molecule has 1 fully saturated rings. The number of nitrogens with zero attached hydrogens (tertiary/aromatic N) is 1. The number of benzene rings is 1. The number of nitrogens with one attached hydrogen (secondary N) is 2. The average Bonchev–Trinajstić information content (AvgIpc) is 2.53. The highest BCUT2D eigenvalue weighted by Gasteiger charge is 2.34. The first-order valence-corrected chi connectivity index (χ1v) is 8.63. The van der Waals surface area contributed by atoms with E-state index in [4.69, 9.17) is 5.11 Å². The van der Waals surface area contributed by atoms with Gasteiger partial charge in [0.05, 0.1) is 12.6 Å². The quantitative estimate of drug-likeness (QED) is 0.566. The summed E-state index contributed by atoms with van der Waals surface area (Å²) in [6, 6.07) is 7.48. The Balaban J connectivity index is 1.69. The standard InChI is InChI=1S/C18H27N3O4/c1-3-21(11-17(23)24)15-8-14(9-15)20-18(25)19-10-16(22)13-6-4-5-12(2)7-13/h4-7,14-16,22H,3,8-11H2,1-2H3,(H,23,24)(H2,19,20,25). The minimum absolute atomic E-state index is 0.0305. The van der Waals surface area contributed by atoms with Gasteiger partial charge in [-0.05, 0) is 31.9 Å². The van der Waals surface area contributed by atoms with Crippen LogP contribution in [0.5, 0.6) is 0 Å². The fourth-order valence-electron chi connectivity index (χ4n) is 3.10. The number of rotatable bonds is 8. The number of aliphatic carboxylic acids is 1. The first kappa shape index (κ1) is 19.2. The monoisotopic (exact) mass is 349 g/mol. The second-order valence-electron chi connectivity index (χ2n) is 6.56. The minimum Gasteiger partial charge on any atom is -0.480 e. The van der Waals surface area contributed by atoms with E-state index in [2.05, 4.69) is 10.6 Å². The van der Waals surface area contributed by atoms with E-state index >= 15 is 0 Å². The molecule has 1 aliphatic carbocycles. The third-order valence-corrected chi connectivity index (χ3v) is 4.59. The van der Waals surface area contributed by atoms with Crippen LogP contribution in [0.1, 0.15) is 37.0 Å². The summed E-state index contributed by atoms with van der Waals surface area (Å²) in [5.74, 6) is -0.832. The molecule has 138 valence electrons. The Hall–Kier alpha value is -2.12. The molecule has 1 unspecified atom stereocenters. The number of aryl methyl sites for hydroxylation is 1. The highest BCUT2D eigenvalue weighted by atomic mass is 16.4. The molecule has 2 amide bonds. The lowest BCUT2D eigenvalue weighted by molar-refractivity contribution is -0.139. The van der Waals surface area contributed by atoms with Crippen LogP contribution < -0.4 is 10.6 Å². The maximum absolute atomic E-state index is 11.9. The van der Waals surface area contributed by atoms with Gasteiger partial charge in [0.2, 0.25) is 0 Å². The molecule has 1 aromatic carbocycles. The third kappa shape index (κ3) is 5.72. The average molecular weight is 349 g/mol. The molecule has 7 heteroatoms. The topological polar surface area (TPSA) is 102 Å². The number of amides is 2. The van der Waals surface area contributed by atoms with Gasteiger partial charge in [0.25, 0.3) is 0 Å². The molecule has 1 aromatic rings. The number of likely N-dealkylation sites (N-methyl/N-ethyl adjacent to an activating group) is 1. The molecule has 0 saturated heterocycles. The molecule has 25 heavy (non-hydrogen) atoms. The lowest BCUT2D eigenvalue weighted by atomic mass is 9.85. The van der Waals surface area contributed by atoms with Crippen LogP contribution in [0.3, 0.4) is 0 Å². The van der Waals surface area contributed by atoms with Crippen LogP contribution in [0.15, 0.2) is 24.3 Å². The van der Waals surface area contributed by atoms with Crippen molar-refractivity contribution in [1.29, 1.82) is 0 Å². The Morgan fingerprint density at radius 3 is 2.68 bits per heavy atom. The van der Waals surface area contributed by atoms with Crippen molar-refractivity contribution in [3.05, 3.63) is 35.4 Å². The Labute approximate surface area is 148 Å². The van der Waals surface area contributed by atoms with Crippen molar-refractivity contribution < 1.29 is 19.8 Å². The van der Waals surface area contributed by atoms with Gasteiger partial charge >= 0.3 is 12.0 Å². The number of hydrogen-bond acceptors (Lipinski definition) is 4. The molecule has 1 saturated carbocycles. The van der Waals surface area contributed by atoms with E-state index in [0.29, 0.717) is 6.54 Å². The van der Waals surface area contributed by atoms with Crippen LogP contribution in [0.25, 0.3) is 0 Å². The maximum atomic E-state index is 11.9. The first-order valence-electron chi connectivity index (χ1n) is 8.63. The number of hydrogen-bond donors (Lipinski definition) is 4. The Morgan fingerprint density at radius 1 is 1.36 bits per heavy atom. The van der Waals surface area contributed by atoms with Crippen molar-refractivity contribution >= 4 is 12.0 Å². The number of carbonyl (C=O) groups is 2. The van der Waals surface area contributed by atoms with Gasteiger partial charge in [-0.1, -0.05) is 36.8 Å². The van der Waals surface area contributed by atoms with E-state index in [1.54, 1.807) is 0 Å². The van der Waals surface area contributed by atoms with Crippen LogP contribution in [0.4, 0.5) is 4.79 Å². The molecule has 0 radical (unpaired) electrons. The van der Waals surface area contributed by atoms with Gasteiger partial charge in [-0.2, -0.15) is 0 Å². The molecule has 0 aliphatic heterocycles. The van der Waals surface area contributed by atoms with E-state index < -0.39 is 12.1 Å². The molecular weight excluding hydrogens is 322 g/mol. The number of aliphatic hydroxyl groups excluding tert-OH is 1.